The van der Waals surface area contributed by atoms with Gasteiger partial charge in [0.25, 0.3) is 0 Å². The molecule has 2 rings (SSSR count). The predicted octanol–water partition coefficient (Wildman–Crippen LogP) is 3.07. The molecule has 1 aromatic heterocycles. The van der Waals surface area contributed by atoms with Gasteiger partial charge in [-0.3, -0.25) is 4.68 Å². The molecule has 102 valence electrons. The van der Waals surface area contributed by atoms with Crippen molar-refractivity contribution in [3.63, 3.8) is 0 Å². The molecule has 19 heavy (non-hydrogen) atoms. The van der Waals surface area contributed by atoms with Crippen molar-refractivity contribution in [3.05, 3.63) is 45.2 Å². The number of halogens is 2. The summed E-state index contributed by atoms with van der Waals surface area (Å²) in [4.78, 5) is 0. The summed E-state index contributed by atoms with van der Waals surface area (Å²) in [5, 5.41) is 5.39. The van der Waals surface area contributed by atoms with E-state index in [0.29, 0.717) is 28.9 Å². The number of ether oxygens (including phenoxy) is 1. The van der Waals surface area contributed by atoms with Gasteiger partial charge in [-0.2, -0.15) is 5.10 Å². The van der Waals surface area contributed by atoms with Gasteiger partial charge in [0.05, 0.1) is 21.4 Å². The maximum absolute atomic E-state index is 6.15. The van der Waals surface area contributed by atoms with E-state index in [1.807, 2.05) is 26.1 Å². The largest absolute Gasteiger partial charge is 0.486 e. The van der Waals surface area contributed by atoms with Crippen molar-refractivity contribution in [2.24, 2.45) is 12.8 Å². The highest BCUT2D eigenvalue weighted by Crippen LogP contribution is 2.27. The van der Waals surface area contributed by atoms with E-state index >= 15 is 0 Å². The molecule has 0 saturated carbocycles. The van der Waals surface area contributed by atoms with Crippen LogP contribution in [0.3, 0.4) is 0 Å². The molecule has 0 spiro atoms. The first kappa shape index (κ1) is 14.2. The molecule has 0 aliphatic rings. The van der Waals surface area contributed by atoms with Gasteiger partial charge in [0.1, 0.15) is 12.4 Å². The molecule has 0 saturated heterocycles. The Hall–Kier alpha value is -1.23. The first-order chi connectivity index (χ1) is 9.02. The van der Waals surface area contributed by atoms with Gasteiger partial charge in [0.15, 0.2) is 0 Å². The van der Waals surface area contributed by atoms with Crippen molar-refractivity contribution in [1.29, 1.82) is 0 Å². The predicted molar refractivity (Wildman–Crippen MR) is 76.6 cm³/mol. The highest BCUT2D eigenvalue weighted by molar-refractivity contribution is 6.32. The maximum Gasteiger partial charge on any atom is 0.138 e. The van der Waals surface area contributed by atoms with Crippen LogP contribution in [0.4, 0.5) is 0 Å². The minimum atomic E-state index is 0.317. The van der Waals surface area contributed by atoms with E-state index in [-0.39, 0.29) is 0 Å². The highest BCUT2D eigenvalue weighted by atomic mass is 35.5. The summed E-state index contributed by atoms with van der Waals surface area (Å²) in [6.07, 6.45) is 0. The van der Waals surface area contributed by atoms with Gasteiger partial charge in [0, 0.05) is 13.6 Å². The summed E-state index contributed by atoms with van der Waals surface area (Å²) in [6.45, 7) is 2.62. The van der Waals surface area contributed by atoms with Crippen LogP contribution in [0.1, 0.15) is 17.0 Å². The van der Waals surface area contributed by atoms with E-state index in [4.69, 9.17) is 33.7 Å². The van der Waals surface area contributed by atoms with Crippen LogP contribution in [0.25, 0.3) is 0 Å². The van der Waals surface area contributed by atoms with Crippen LogP contribution in [0, 0.1) is 6.92 Å². The molecule has 2 N–H and O–H groups in total. The van der Waals surface area contributed by atoms with Gasteiger partial charge in [-0.1, -0.05) is 29.3 Å². The van der Waals surface area contributed by atoms with Crippen molar-refractivity contribution >= 4 is 23.2 Å². The molecule has 1 aromatic carbocycles. The molecule has 0 atom stereocenters. The molecule has 6 heteroatoms. The lowest BCUT2D eigenvalue weighted by molar-refractivity contribution is 0.295. The third-order valence-corrected chi connectivity index (χ3v) is 3.65. The second-order valence-electron chi connectivity index (χ2n) is 4.23. The van der Waals surface area contributed by atoms with Gasteiger partial charge in [-0.15, -0.1) is 0 Å². The Balaban J connectivity index is 2.14. The fourth-order valence-electron chi connectivity index (χ4n) is 1.77. The number of benzene rings is 1. The van der Waals surface area contributed by atoms with Crippen LogP contribution < -0.4 is 10.5 Å². The van der Waals surface area contributed by atoms with Gasteiger partial charge in [-0.05, 0) is 24.6 Å². The van der Waals surface area contributed by atoms with Gasteiger partial charge < -0.3 is 10.5 Å². The van der Waals surface area contributed by atoms with E-state index < -0.39 is 0 Å². The number of hydrogen-bond donors (Lipinski definition) is 1. The maximum atomic E-state index is 6.15. The summed E-state index contributed by atoms with van der Waals surface area (Å²) in [5.41, 5.74) is 8.11. The Bertz CT molecular complexity index is 596. The third-order valence-electron chi connectivity index (χ3n) is 2.86. The van der Waals surface area contributed by atoms with Gasteiger partial charge in [-0.25, -0.2) is 0 Å². The first-order valence-corrected chi connectivity index (χ1v) is 6.57. The molecule has 1 heterocycles. The van der Waals surface area contributed by atoms with Crippen LogP contribution in [-0.4, -0.2) is 9.78 Å². The molecule has 4 nitrogen and oxygen atoms in total. The normalized spacial score (nSPS) is 10.8. The smallest absolute Gasteiger partial charge is 0.138 e. The van der Waals surface area contributed by atoms with Gasteiger partial charge in [0.2, 0.25) is 0 Å². The van der Waals surface area contributed by atoms with Crippen molar-refractivity contribution in [1.82, 2.24) is 9.78 Å². The van der Waals surface area contributed by atoms with Crippen LogP contribution in [0.2, 0.25) is 10.0 Å². The summed E-state index contributed by atoms with van der Waals surface area (Å²) in [7, 11) is 1.83. The highest BCUT2D eigenvalue weighted by Gasteiger charge is 2.12. The second kappa shape index (κ2) is 5.82. The standard InChI is InChI=1S/C13H15Cl2N3O/c1-8-13(15)11(18(2)17-8)7-19-12-4-3-9(6-16)5-10(12)14/h3-5H,6-7,16H2,1-2H3. The number of aromatic nitrogens is 2. The Morgan fingerprint density at radius 2 is 2.11 bits per heavy atom. The van der Waals surface area contributed by atoms with E-state index in [0.717, 1.165) is 17.0 Å². The van der Waals surface area contributed by atoms with Crippen molar-refractivity contribution in [2.75, 3.05) is 0 Å². The number of nitrogens with zero attached hydrogens (tertiary/aromatic N) is 2. The van der Waals surface area contributed by atoms with Crippen molar-refractivity contribution < 1.29 is 4.74 Å². The van der Waals surface area contributed by atoms with E-state index in [1.165, 1.54) is 0 Å². The number of rotatable bonds is 4. The molecule has 0 aliphatic heterocycles. The SMILES string of the molecule is Cc1nn(C)c(COc2ccc(CN)cc2Cl)c1Cl. The monoisotopic (exact) mass is 299 g/mol. The van der Waals surface area contributed by atoms with E-state index in [1.54, 1.807) is 10.7 Å². The Morgan fingerprint density at radius 3 is 2.63 bits per heavy atom. The first-order valence-electron chi connectivity index (χ1n) is 5.82. The lowest BCUT2D eigenvalue weighted by Gasteiger charge is -2.09. The van der Waals surface area contributed by atoms with E-state index in [9.17, 15) is 0 Å². The lowest BCUT2D eigenvalue weighted by Crippen LogP contribution is -2.04. The average molecular weight is 300 g/mol. The lowest BCUT2D eigenvalue weighted by atomic mass is 10.2. The van der Waals surface area contributed by atoms with Crippen LogP contribution in [-0.2, 0) is 20.2 Å². The number of nitrogens with two attached hydrogens (primary N) is 1. The Labute approximate surface area is 122 Å². The zero-order valence-corrected chi connectivity index (χ0v) is 12.3. The van der Waals surface area contributed by atoms with Gasteiger partial charge >= 0.3 is 0 Å². The molecule has 2 aromatic rings. The molecule has 0 fully saturated rings. The summed E-state index contributed by atoms with van der Waals surface area (Å²) in [6, 6.07) is 5.49. The van der Waals surface area contributed by atoms with Crippen molar-refractivity contribution in [3.8, 4) is 5.75 Å². The molecular formula is C13H15Cl2N3O. The Kier molecular flexibility index (Phi) is 4.34. The zero-order chi connectivity index (χ0) is 14.0. The fraction of sp³-hybridized carbons (Fsp3) is 0.308. The van der Waals surface area contributed by atoms with Crippen LogP contribution >= 0.6 is 23.2 Å². The van der Waals surface area contributed by atoms with Crippen LogP contribution in [0.15, 0.2) is 18.2 Å². The Morgan fingerprint density at radius 1 is 1.37 bits per heavy atom. The van der Waals surface area contributed by atoms with Crippen LogP contribution in [0.5, 0.6) is 5.75 Å². The minimum Gasteiger partial charge on any atom is -0.486 e. The molecule has 0 unspecified atom stereocenters. The quantitative estimate of drug-likeness (QED) is 0.944. The molecular weight excluding hydrogens is 285 g/mol. The topological polar surface area (TPSA) is 53.1 Å². The third kappa shape index (κ3) is 3.03. The molecule has 0 radical (unpaired) electrons. The summed E-state index contributed by atoms with van der Waals surface area (Å²) >= 11 is 12.3. The molecule has 0 aliphatic carbocycles. The van der Waals surface area contributed by atoms with E-state index in [2.05, 4.69) is 5.10 Å². The summed E-state index contributed by atoms with van der Waals surface area (Å²) < 4.78 is 7.39. The summed E-state index contributed by atoms with van der Waals surface area (Å²) in [5.74, 6) is 0.605. The average Bonchev–Trinajstić information content (AvgIpc) is 2.62. The zero-order valence-electron chi connectivity index (χ0n) is 10.8. The van der Waals surface area contributed by atoms with Crippen molar-refractivity contribution in [2.45, 2.75) is 20.1 Å². The molecule has 0 bridgehead atoms. The number of hydrogen-bond acceptors (Lipinski definition) is 3. The fourth-order valence-corrected chi connectivity index (χ4v) is 2.24. The second-order valence-corrected chi connectivity index (χ2v) is 5.01. The number of aryl methyl sites for hydroxylation is 2. The minimum absolute atomic E-state index is 0.317. The molecule has 0 amide bonds.